The monoisotopic (exact) mass is 210 g/mol. The van der Waals surface area contributed by atoms with Crippen LogP contribution < -0.4 is 5.11 Å². The van der Waals surface area contributed by atoms with Crippen molar-refractivity contribution >= 4 is 5.97 Å². The summed E-state index contributed by atoms with van der Waals surface area (Å²) in [5, 5.41) is 18.1. The van der Waals surface area contributed by atoms with E-state index in [4.69, 9.17) is 5.11 Å². The van der Waals surface area contributed by atoms with Crippen molar-refractivity contribution in [1.29, 1.82) is 0 Å². The van der Waals surface area contributed by atoms with Crippen LogP contribution in [0.1, 0.15) is 13.8 Å². The summed E-state index contributed by atoms with van der Waals surface area (Å²) in [4.78, 5) is 9.66. The SMILES string of the molecule is CC(C)(O)C(=O)[O-].[Ag+]. The minimum absolute atomic E-state index is 0. The van der Waals surface area contributed by atoms with Crippen molar-refractivity contribution in [1.82, 2.24) is 0 Å². The number of rotatable bonds is 1. The minimum Gasteiger partial charge on any atom is -0.547 e. The second kappa shape index (κ2) is 3.25. The van der Waals surface area contributed by atoms with Gasteiger partial charge in [-0.3, -0.25) is 0 Å². The standard InChI is InChI=1S/C4H8O3.Ag/c1-4(2,7)3(5)6;/h7H,1-2H3,(H,5,6);/q;+1/p-1. The zero-order valence-corrected chi connectivity index (χ0v) is 6.05. The molecule has 0 rings (SSSR count). The summed E-state index contributed by atoms with van der Waals surface area (Å²) in [6, 6.07) is 0. The number of aliphatic hydroxyl groups is 1. The molecule has 0 amide bonds. The van der Waals surface area contributed by atoms with Crippen molar-refractivity contribution in [3.8, 4) is 0 Å². The van der Waals surface area contributed by atoms with E-state index in [9.17, 15) is 9.90 Å². The second-order valence-corrected chi connectivity index (χ2v) is 1.85. The van der Waals surface area contributed by atoms with E-state index in [1.165, 1.54) is 0 Å². The molecule has 0 saturated heterocycles. The molecule has 0 atom stereocenters. The molecule has 0 saturated carbocycles. The summed E-state index contributed by atoms with van der Waals surface area (Å²) in [6.45, 7) is 2.31. The average molecular weight is 211 g/mol. The molecule has 52 valence electrons. The number of hydrogen-bond donors (Lipinski definition) is 1. The first-order valence-electron chi connectivity index (χ1n) is 1.88. The molecule has 0 radical (unpaired) electrons. The van der Waals surface area contributed by atoms with Crippen LogP contribution in [0.4, 0.5) is 0 Å². The van der Waals surface area contributed by atoms with Gasteiger partial charge in [0.05, 0.1) is 11.6 Å². The van der Waals surface area contributed by atoms with Crippen molar-refractivity contribution in [2.24, 2.45) is 0 Å². The Kier molecular flexibility index (Phi) is 4.48. The van der Waals surface area contributed by atoms with Crippen molar-refractivity contribution in [3.05, 3.63) is 0 Å². The Morgan fingerprint density at radius 3 is 1.75 bits per heavy atom. The third kappa shape index (κ3) is 4.33. The Hall–Kier alpha value is 0.170. The molecule has 0 aliphatic carbocycles. The number of carboxylic acid groups (broad SMARTS) is 1. The van der Waals surface area contributed by atoms with Crippen LogP contribution in [0, 0.1) is 0 Å². The molecule has 0 aromatic carbocycles. The fourth-order valence-corrected chi connectivity index (χ4v) is 0. The van der Waals surface area contributed by atoms with E-state index in [1.807, 2.05) is 0 Å². The average Bonchev–Trinajstić information content (AvgIpc) is 1.31. The predicted octanol–water partition coefficient (Wildman–Crippen LogP) is -1.50. The minimum atomic E-state index is -1.69. The van der Waals surface area contributed by atoms with Gasteiger partial charge in [-0.2, -0.15) is 0 Å². The Labute approximate surface area is 63.2 Å². The maximum absolute atomic E-state index is 9.66. The number of hydrogen-bond acceptors (Lipinski definition) is 3. The fourth-order valence-electron chi connectivity index (χ4n) is 0. The predicted molar refractivity (Wildman–Crippen MR) is 21.3 cm³/mol. The summed E-state index contributed by atoms with van der Waals surface area (Å²) >= 11 is 0. The molecule has 0 fully saturated rings. The maximum Gasteiger partial charge on any atom is 1.00 e. The molecule has 0 aromatic rings. The number of carbonyl (C=O) groups is 1. The Bertz CT molecular complexity index is 83.8. The molecule has 3 nitrogen and oxygen atoms in total. The molecule has 4 heteroatoms. The van der Waals surface area contributed by atoms with Crippen LogP contribution in [-0.2, 0) is 27.2 Å². The summed E-state index contributed by atoms with van der Waals surface area (Å²) < 4.78 is 0. The Balaban J connectivity index is 0. The number of aliphatic carboxylic acids is 1. The maximum atomic E-state index is 9.66. The molecule has 1 N–H and O–H groups in total. The van der Waals surface area contributed by atoms with Gasteiger partial charge in [0.25, 0.3) is 0 Å². The Morgan fingerprint density at radius 1 is 1.62 bits per heavy atom. The van der Waals surface area contributed by atoms with Gasteiger partial charge in [-0.05, 0) is 13.8 Å². The second-order valence-electron chi connectivity index (χ2n) is 1.85. The van der Waals surface area contributed by atoms with Gasteiger partial charge in [0.15, 0.2) is 0 Å². The molecular formula is C4H7AgO3. The van der Waals surface area contributed by atoms with E-state index in [0.29, 0.717) is 0 Å². The largest absolute Gasteiger partial charge is 1.00 e. The molecule has 0 heterocycles. The van der Waals surface area contributed by atoms with E-state index in [1.54, 1.807) is 0 Å². The van der Waals surface area contributed by atoms with Gasteiger partial charge in [0, 0.05) is 0 Å². The molecule has 0 bridgehead atoms. The van der Waals surface area contributed by atoms with Crippen LogP contribution in [0.25, 0.3) is 0 Å². The first kappa shape index (κ1) is 11.0. The smallest absolute Gasteiger partial charge is 0.547 e. The van der Waals surface area contributed by atoms with Gasteiger partial charge < -0.3 is 15.0 Å². The van der Waals surface area contributed by atoms with E-state index in [-0.39, 0.29) is 22.4 Å². The van der Waals surface area contributed by atoms with E-state index >= 15 is 0 Å². The van der Waals surface area contributed by atoms with Crippen LogP contribution >= 0.6 is 0 Å². The zero-order chi connectivity index (χ0) is 6.08. The molecule has 0 aliphatic rings. The van der Waals surface area contributed by atoms with Crippen molar-refractivity contribution in [3.63, 3.8) is 0 Å². The molecular weight excluding hydrogens is 204 g/mol. The van der Waals surface area contributed by atoms with Gasteiger partial charge in [-0.15, -0.1) is 0 Å². The number of carboxylic acids is 1. The van der Waals surface area contributed by atoms with Gasteiger partial charge in [-0.1, -0.05) is 0 Å². The van der Waals surface area contributed by atoms with Crippen LogP contribution in [0.2, 0.25) is 0 Å². The van der Waals surface area contributed by atoms with Gasteiger partial charge in [0.1, 0.15) is 0 Å². The van der Waals surface area contributed by atoms with Gasteiger partial charge >= 0.3 is 22.4 Å². The van der Waals surface area contributed by atoms with E-state index < -0.39 is 11.6 Å². The first-order valence-corrected chi connectivity index (χ1v) is 1.88. The Morgan fingerprint density at radius 2 is 1.75 bits per heavy atom. The van der Waals surface area contributed by atoms with Gasteiger partial charge in [0.2, 0.25) is 0 Å². The third-order valence-electron chi connectivity index (χ3n) is 0.500. The van der Waals surface area contributed by atoms with Crippen molar-refractivity contribution < 1.29 is 37.4 Å². The molecule has 0 unspecified atom stereocenters. The molecule has 0 aliphatic heterocycles. The van der Waals surface area contributed by atoms with Crippen molar-refractivity contribution in [2.45, 2.75) is 19.4 Å². The third-order valence-corrected chi connectivity index (χ3v) is 0.500. The van der Waals surface area contributed by atoms with Crippen LogP contribution in [0.5, 0.6) is 0 Å². The van der Waals surface area contributed by atoms with Gasteiger partial charge in [-0.25, -0.2) is 0 Å². The van der Waals surface area contributed by atoms with E-state index in [0.717, 1.165) is 13.8 Å². The van der Waals surface area contributed by atoms with Crippen molar-refractivity contribution in [2.75, 3.05) is 0 Å². The normalized spacial score (nSPS) is 9.88. The molecule has 0 spiro atoms. The fraction of sp³-hybridized carbons (Fsp3) is 0.750. The molecule has 8 heavy (non-hydrogen) atoms. The van der Waals surface area contributed by atoms with Crippen LogP contribution in [0.15, 0.2) is 0 Å². The summed E-state index contributed by atoms with van der Waals surface area (Å²) in [7, 11) is 0. The first-order chi connectivity index (χ1) is 2.94. The molecule has 0 aromatic heterocycles. The quantitative estimate of drug-likeness (QED) is 0.537. The summed E-state index contributed by atoms with van der Waals surface area (Å²) in [5.41, 5.74) is -1.69. The van der Waals surface area contributed by atoms with E-state index in [2.05, 4.69) is 0 Å². The van der Waals surface area contributed by atoms with Crippen LogP contribution in [-0.4, -0.2) is 16.7 Å². The number of carbonyl (C=O) groups excluding carboxylic acids is 1. The summed E-state index contributed by atoms with van der Waals surface area (Å²) in [6.07, 6.45) is 0. The van der Waals surface area contributed by atoms with Crippen LogP contribution in [0.3, 0.4) is 0 Å². The summed E-state index contributed by atoms with van der Waals surface area (Å²) in [5.74, 6) is -1.45. The zero-order valence-electron chi connectivity index (χ0n) is 4.57. The topological polar surface area (TPSA) is 60.4 Å².